The van der Waals surface area contributed by atoms with Crippen molar-refractivity contribution in [1.82, 2.24) is 14.9 Å². The van der Waals surface area contributed by atoms with Crippen LogP contribution in [0.25, 0.3) is 11.0 Å². The standard InChI is InChI=1S/C35H49N3O5/c1-9-25-30-20-38(32(25)22(3)39)21(2)26(34(4,5)6)18-31(40)43-35(7)19-23(35)13-11-10-12-14-28-33(42-30)37-29-17-24(41-8)15-16-27(29)36-28/h15-17,23,25-26,30,32H,2,9-14,18-20H2,1,3-8H3/t23-,25-,26-,30+,32-,35-/m1/s1. The van der Waals surface area contributed by atoms with Crippen molar-refractivity contribution in [3.05, 3.63) is 36.2 Å². The van der Waals surface area contributed by atoms with E-state index in [9.17, 15) is 9.59 Å². The summed E-state index contributed by atoms with van der Waals surface area (Å²) in [6.07, 6.45) is 6.49. The summed E-state index contributed by atoms with van der Waals surface area (Å²) in [5.41, 5.74) is 2.52. The van der Waals surface area contributed by atoms with Gasteiger partial charge in [0, 0.05) is 29.5 Å². The average molecular weight is 592 g/mol. The second kappa shape index (κ2) is 12.1. The van der Waals surface area contributed by atoms with Crippen LogP contribution < -0.4 is 9.47 Å². The molecule has 0 N–H and O–H groups in total. The van der Waals surface area contributed by atoms with E-state index in [1.807, 2.05) is 18.2 Å². The molecule has 1 aliphatic carbocycles. The Bertz CT molecular complexity index is 1380. The molecule has 2 bridgehead atoms. The molecule has 0 unspecified atom stereocenters. The summed E-state index contributed by atoms with van der Waals surface area (Å²) in [5, 5.41) is 0. The van der Waals surface area contributed by atoms with Gasteiger partial charge in [-0.3, -0.25) is 9.59 Å². The van der Waals surface area contributed by atoms with Crippen LogP contribution in [0.4, 0.5) is 0 Å². The van der Waals surface area contributed by atoms with Gasteiger partial charge < -0.3 is 19.1 Å². The van der Waals surface area contributed by atoms with Gasteiger partial charge >= 0.3 is 5.97 Å². The third-order valence-corrected chi connectivity index (χ3v) is 10.0. The molecule has 3 heterocycles. The Morgan fingerprint density at radius 1 is 1.19 bits per heavy atom. The molecule has 0 radical (unpaired) electrons. The molecule has 234 valence electrons. The highest BCUT2D eigenvalue weighted by Gasteiger charge is 2.54. The number of fused-ring (bicyclic) bond motifs is 5. The van der Waals surface area contributed by atoms with Crippen molar-refractivity contribution in [3.8, 4) is 11.6 Å². The number of Topliss-reactive ketones (excluding diaryl/α,β-unsaturated/α-hetero) is 1. The van der Waals surface area contributed by atoms with E-state index in [0.717, 1.165) is 67.4 Å². The second-order valence-electron chi connectivity index (χ2n) is 14.2. The van der Waals surface area contributed by atoms with E-state index in [4.69, 9.17) is 24.2 Å². The number of hydrogen-bond donors (Lipinski definition) is 0. The van der Waals surface area contributed by atoms with E-state index < -0.39 is 6.04 Å². The zero-order valence-electron chi connectivity index (χ0n) is 27.1. The molecule has 2 aliphatic heterocycles. The maximum Gasteiger partial charge on any atom is 0.307 e. The molecule has 5 rings (SSSR count). The highest BCUT2D eigenvalue weighted by molar-refractivity contribution is 5.83. The number of benzene rings is 1. The number of aryl methyl sites for hydroxylation is 1. The van der Waals surface area contributed by atoms with Gasteiger partial charge in [-0.1, -0.05) is 47.1 Å². The number of allylic oxidation sites excluding steroid dienone is 1. The van der Waals surface area contributed by atoms with Crippen LogP contribution in [0.2, 0.25) is 0 Å². The van der Waals surface area contributed by atoms with Gasteiger partial charge in [-0.05, 0) is 63.5 Å². The Labute approximate surface area is 256 Å². The number of ether oxygens (including phenoxy) is 3. The predicted octanol–water partition coefficient (Wildman–Crippen LogP) is 6.69. The molecule has 0 spiro atoms. The molecule has 2 fully saturated rings. The fourth-order valence-corrected chi connectivity index (χ4v) is 7.30. The Morgan fingerprint density at radius 2 is 1.95 bits per heavy atom. The van der Waals surface area contributed by atoms with Crippen molar-refractivity contribution in [2.45, 2.75) is 111 Å². The van der Waals surface area contributed by atoms with Gasteiger partial charge in [0.1, 0.15) is 23.1 Å². The molecule has 0 amide bonds. The molecule has 8 heteroatoms. The van der Waals surface area contributed by atoms with E-state index in [0.29, 0.717) is 24.1 Å². The topological polar surface area (TPSA) is 90.8 Å². The third-order valence-electron chi connectivity index (χ3n) is 10.0. The van der Waals surface area contributed by atoms with Crippen LogP contribution in [0.3, 0.4) is 0 Å². The normalized spacial score (nSPS) is 30.4. The Balaban J connectivity index is 1.54. The summed E-state index contributed by atoms with van der Waals surface area (Å²) in [6, 6.07) is 5.33. The van der Waals surface area contributed by atoms with Crippen molar-refractivity contribution < 1.29 is 23.8 Å². The summed E-state index contributed by atoms with van der Waals surface area (Å²) in [4.78, 5) is 38.7. The quantitative estimate of drug-likeness (QED) is 0.365. The molecular weight excluding hydrogens is 542 g/mol. The maximum atomic E-state index is 13.4. The minimum absolute atomic E-state index is 0.0642. The lowest BCUT2D eigenvalue weighted by Gasteiger charge is -2.39. The molecule has 8 nitrogen and oxygen atoms in total. The number of carbonyl (C=O) groups excluding carboxylic acids is 2. The lowest BCUT2D eigenvalue weighted by molar-refractivity contribution is -0.153. The zero-order valence-corrected chi connectivity index (χ0v) is 27.1. The van der Waals surface area contributed by atoms with E-state index in [-0.39, 0.29) is 47.1 Å². The van der Waals surface area contributed by atoms with Crippen molar-refractivity contribution >= 4 is 22.8 Å². The first-order valence-electron chi connectivity index (χ1n) is 16.0. The van der Waals surface area contributed by atoms with Gasteiger partial charge in [0.25, 0.3) is 0 Å². The van der Waals surface area contributed by atoms with Crippen LogP contribution in [0.5, 0.6) is 11.6 Å². The van der Waals surface area contributed by atoms with Crippen LogP contribution in [-0.4, -0.2) is 58.0 Å². The number of hydrogen-bond acceptors (Lipinski definition) is 8. The van der Waals surface area contributed by atoms with E-state index >= 15 is 0 Å². The van der Waals surface area contributed by atoms with Gasteiger partial charge in [0.05, 0.1) is 37.2 Å². The number of rotatable bonds is 3. The highest BCUT2D eigenvalue weighted by atomic mass is 16.6. The fourth-order valence-electron chi connectivity index (χ4n) is 7.30. The van der Waals surface area contributed by atoms with Gasteiger partial charge in [-0.15, -0.1) is 0 Å². The second-order valence-corrected chi connectivity index (χ2v) is 14.2. The van der Waals surface area contributed by atoms with Crippen molar-refractivity contribution in [2.24, 2.45) is 23.2 Å². The van der Waals surface area contributed by atoms with Crippen molar-refractivity contribution in [1.29, 1.82) is 0 Å². The highest BCUT2D eigenvalue weighted by Crippen LogP contribution is 2.50. The number of ketones is 1. The lowest BCUT2D eigenvalue weighted by Crippen LogP contribution is -2.42. The monoisotopic (exact) mass is 591 g/mol. The molecule has 43 heavy (non-hydrogen) atoms. The first kappa shape index (κ1) is 31.3. The first-order chi connectivity index (χ1) is 20.3. The van der Waals surface area contributed by atoms with Crippen molar-refractivity contribution in [2.75, 3.05) is 13.7 Å². The first-order valence-corrected chi connectivity index (χ1v) is 16.0. The number of nitrogens with zero attached hydrogens (tertiary/aromatic N) is 3. The number of esters is 1. The Hall–Kier alpha value is -3.16. The fraction of sp³-hybridized carbons (Fsp3) is 0.657. The van der Waals surface area contributed by atoms with Crippen LogP contribution in [-0.2, 0) is 20.7 Å². The third kappa shape index (κ3) is 6.53. The van der Waals surface area contributed by atoms with Crippen LogP contribution in [0.15, 0.2) is 30.5 Å². The molecule has 1 aromatic heterocycles. The maximum absolute atomic E-state index is 13.4. The largest absolute Gasteiger partial charge is 0.497 e. The summed E-state index contributed by atoms with van der Waals surface area (Å²) >= 11 is 0. The lowest BCUT2D eigenvalue weighted by atomic mass is 9.76. The summed E-state index contributed by atoms with van der Waals surface area (Å²) in [6.45, 7) is 17.2. The van der Waals surface area contributed by atoms with Crippen molar-refractivity contribution in [3.63, 3.8) is 0 Å². The number of carbonyl (C=O) groups is 2. The zero-order chi connectivity index (χ0) is 31.1. The Kier molecular flexibility index (Phi) is 8.79. The molecule has 2 aromatic rings. The van der Waals surface area contributed by atoms with E-state index in [1.165, 1.54) is 0 Å². The SMILES string of the molecule is C=C1[C@H](C(C)(C)C)CC(=O)O[C@]2(C)C[C@H]2CCCCCc2nc3ccc(OC)cc3nc2O[C@H]2CN1[C@H](C(C)=O)[C@@H]2CC. The number of aromatic nitrogens is 2. The molecule has 1 saturated heterocycles. The summed E-state index contributed by atoms with van der Waals surface area (Å²) < 4.78 is 18.3. The smallest absolute Gasteiger partial charge is 0.307 e. The predicted molar refractivity (Wildman–Crippen MR) is 167 cm³/mol. The summed E-state index contributed by atoms with van der Waals surface area (Å²) in [5.74, 6) is 1.28. The van der Waals surface area contributed by atoms with E-state index in [2.05, 4.69) is 46.1 Å². The average Bonchev–Trinajstić information content (AvgIpc) is 3.41. The molecule has 1 saturated carbocycles. The van der Waals surface area contributed by atoms with Crippen LogP contribution in [0, 0.1) is 23.2 Å². The minimum atomic E-state index is -0.396. The van der Waals surface area contributed by atoms with Gasteiger partial charge in [0.2, 0.25) is 5.88 Å². The molecule has 6 atom stereocenters. The Morgan fingerprint density at radius 3 is 2.63 bits per heavy atom. The molecular formula is C35H49N3O5. The van der Waals surface area contributed by atoms with Gasteiger partial charge in [-0.25, -0.2) is 9.97 Å². The van der Waals surface area contributed by atoms with E-state index in [1.54, 1.807) is 14.0 Å². The van der Waals surface area contributed by atoms with Gasteiger partial charge in [0.15, 0.2) is 5.78 Å². The minimum Gasteiger partial charge on any atom is -0.497 e. The van der Waals surface area contributed by atoms with Crippen LogP contribution >= 0.6 is 0 Å². The van der Waals surface area contributed by atoms with Crippen LogP contribution in [0.1, 0.15) is 92.2 Å². The number of methoxy groups -OCH3 is 1. The molecule has 3 aliphatic rings. The molecule has 1 aromatic carbocycles. The van der Waals surface area contributed by atoms with Gasteiger partial charge in [-0.2, -0.15) is 0 Å². The summed E-state index contributed by atoms with van der Waals surface area (Å²) in [7, 11) is 1.64.